The number of ether oxygens (including phenoxy) is 2. The predicted octanol–water partition coefficient (Wildman–Crippen LogP) is 1.13. The normalized spacial score (nSPS) is 10.4. The molecule has 2 N–H and O–H groups in total. The molecule has 1 aromatic rings. The Balaban J connectivity index is 2.78. The van der Waals surface area contributed by atoms with Crippen molar-refractivity contribution in [1.82, 2.24) is 10.6 Å². The topological polar surface area (TPSA) is 59.6 Å². The number of hydrogen-bond donors (Lipinski definition) is 2. The SMILES string of the molecule is CNC(=O)CNCc1cccc(OC)c1OC(F)F. The lowest BCUT2D eigenvalue weighted by molar-refractivity contribution is -0.119. The number of alkyl halides is 2. The van der Waals surface area contributed by atoms with Crippen molar-refractivity contribution in [3.8, 4) is 11.5 Å². The maximum Gasteiger partial charge on any atom is 0.387 e. The van der Waals surface area contributed by atoms with Crippen LogP contribution in [0.4, 0.5) is 8.78 Å². The fourth-order valence-corrected chi connectivity index (χ4v) is 1.48. The van der Waals surface area contributed by atoms with Gasteiger partial charge in [0.15, 0.2) is 11.5 Å². The summed E-state index contributed by atoms with van der Waals surface area (Å²) in [7, 11) is 2.89. The number of nitrogens with one attached hydrogen (secondary N) is 2. The largest absolute Gasteiger partial charge is 0.493 e. The average molecular weight is 274 g/mol. The Bertz CT molecular complexity index is 427. The van der Waals surface area contributed by atoms with Crippen molar-refractivity contribution in [3.63, 3.8) is 0 Å². The van der Waals surface area contributed by atoms with E-state index in [2.05, 4.69) is 15.4 Å². The van der Waals surface area contributed by atoms with E-state index >= 15 is 0 Å². The molecule has 5 nitrogen and oxygen atoms in total. The minimum atomic E-state index is -2.94. The van der Waals surface area contributed by atoms with Gasteiger partial charge >= 0.3 is 6.61 Å². The lowest BCUT2D eigenvalue weighted by Gasteiger charge is -2.14. The number of methoxy groups -OCH3 is 1. The van der Waals surface area contributed by atoms with Crippen LogP contribution in [0, 0.1) is 0 Å². The molecule has 1 aromatic carbocycles. The monoisotopic (exact) mass is 274 g/mol. The molecular formula is C12H16F2N2O3. The Morgan fingerprint density at radius 3 is 2.74 bits per heavy atom. The van der Waals surface area contributed by atoms with Gasteiger partial charge in [-0.15, -0.1) is 0 Å². The Kier molecular flexibility index (Phi) is 6.01. The minimum absolute atomic E-state index is 0.0237. The highest BCUT2D eigenvalue weighted by Crippen LogP contribution is 2.32. The molecule has 19 heavy (non-hydrogen) atoms. The fourth-order valence-electron chi connectivity index (χ4n) is 1.48. The summed E-state index contributed by atoms with van der Waals surface area (Å²) in [5.41, 5.74) is 0.489. The molecular weight excluding hydrogens is 258 g/mol. The first-order chi connectivity index (χ1) is 9.08. The molecule has 0 radical (unpaired) electrons. The van der Waals surface area contributed by atoms with Crippen LogP contribution in [0.25, 0.3) is 0 Å². The van der Waals surface area contributed by atoms with E-state index in [0.29, 0.717) is 5.56 Å². The molecule has 0 unspecified atom stereocenters. The molecule has 0 saturated heterocycles. The maximum atomic E-state index is 12.4. The van der Waals surface area contributed by atoms with Gasteiger partial charge in [-0.2, -0.15) is 8.78 Å². The molecule has 0 aliphatic rings. The van der Waals surface area contributed by atoms with Crippen molar-refractivity contribution >= 4 is 5.91 Å². The molecule has 1 amide bonds. The van der Waals surface area contributed by atoms with Gasteiger partial charge in [-0.1, -0.05) is 12.1 Å². The Hall–Kier alpha value is -1.89. The number of carbonyl (C=O) groups excluding carboxylic acids is 1. The van der Waals surface area contributed by atoms with Crippen LogP contribution >= 0.6 is 0 Å². The van der Waals surface area contributed by atoms with Crippen LogP contribution in [-0.4, -0.2) is 33.2 Å². The van der Waals surface area contributed by atoms with E-state index in [-0.39, 0.29) is 30.5 Å². The zero-order chi connectivity index (χ0) is 14.3. The van der Waals surface area contributed by atoms with Gasteiger partial charge in [-0.3, -0.25) is 4.79 Å². The van der Waals surface area contributed by atoms with Crippen LogP contribution in [0.15, 0.2) is 18.2 Å². The van der Waals surface area contributed by atoms with Crippen molar-refractivity contribution in [1.29, 1.82) is 0 Å². The number of amides is 1. The van der Waals surface area contributed by atoms with Crippen molar-refractivity contribution in [2.24, 2.45) is 0 Å². The lowest BCUT2D eigenvalue weighted by atomic mass is 10.2. The quantitative estimate of drug-likeness (QED) is 0.782. The first kappa shape index (κ1) is 15.2. The Morgan fingerprint density at radius 2 is 2.16 bits per heavy atom. The van der Waals surface area contributed by atoms with Crippen LogP contribution in [-0.2, 0) is 11.3 Å². The third-order valence-corrected chi connectivity index (χ3v) is 2.37. The lowest BCUT2D eigenvalue weighted by Crippen LogP contribution is -2.31. The Morgan fingerprint density at radius 1 is 1.42 bits per heavy atom. The van der Waals surface area contributed by atoms with Crippen LogP contribution in [0.2, 0.25) is 0 Å². The molecule has 0 heterocycles. The van der Waals surface area contributed by atoms with Gasteiger partial charge in [0.2, 0.25) is 5.91 Å². The van der Waals surface area contributed by atoms with E-state index in [9.17, 15) is 13.6 Å². The van der Waals surface area contributed by atoms with Gasteiger partial charge in [-0.05, 0) is 6.07 Å². The van der Waals surface area contributed by atoms with E-state index < -0.39 is 6.61 Å². The summed E-state index contributed by atoms with van der Waals surface area (Å²) in [6.45, 7) is -2.64. The van der Waals surface area contributed by atoms with Gasteiger partial charge < -0.3 is 20.1 Å². The molecule has 0 fully saturated rings. The van der Waals surface area contributed by atoms with Crippen molar-refractivity contribution in [2.75, 3.05) is 20.7 Å². The summed E-state index contributed by atoms with van der Waals surface area (Å²) in [5.74, 6) is 0.00294. The summed E-state index contributed by atoms with van der Waals surface area (Å²) in [4.78, 5) is 11.0. The molecule has 0 bridgehead atoms. The number of rotatable bonds is 7. The molecule has 0 aliphatic carbocycles. The van der Waals surface area contributed by atoms with Gasteiger partial charge in [0, 0.05) is 19.2 Å². The summed E-state index contributed by atoms with van der Waals surface area (Å²) in [6, 6.07) is 4.81. The number of halogens is 2. The highest BCUT2D eigenvalue weighted by molar-refractivity contribution is 5.77. The maximum absolute atomic E-state index is 12.4. The van der Waals surface area contributed by atoms with E-state index in [1.807, 2.05) is 0 Å². The van der Waals surface area contributed by atoms with Gasteiger partial charge in [0.1, 0.15) is 0 Å². The molecule has 106 valence electrons. The van der Waals surface area contributed by atoms with Crippen molar-refractivity contribution < 1.29 is 23.0 Å². The first-order valence-electron chi connectivity index (χ1n) is 5.60. The minimum Gasteiger partial charge on any atom is -0.493 e. The molecule has 7 heteroatoms. The van der Waals surface area contributed by atoms with Crippen LogP contribution in [0.5, 0.6) is 11.5 Å². The van der Waals surface area contributed by atoms with Gasteiger partial charge in [-0.25, -0.2) is 0 Å². The third-order valence-electron chi connectivity index (χ3n) is 2.37. The number of hydrogen-bond acceptors (Lipinski definition) is 4. The second kappa shape index (κ2) is 7.52. The second-order valence-electron chi connectivity index (χ2n) is 3.60. The summed E-state index contributed by atoms with van der Waals surface area (Å²) >= 11 is 0. The summed E-state index contributed by atoms with van der Waals surface area (Å²) in [5, 5.41) is 5.27. The number of benzene rings is 1. The van der Waals surface area contributed by atoms with E-state index in [4.69, 9.17) is 4.74 Å². The number of para-hydroxylation sites is 1. The molecule has 0 aromatic heterocycles. The van der Waals surface area contributed by atoms with E-state index in [1.165, 1.54) is 20.2 Å². The van der Waals surface area contributed by atoms with E-state index in [1.54, 1.807) is 12.1 Å². The third kappa shape index (κ3) is 4.70. The Labute approximate surface area is 109 Å². The van der Waals surface area contributed by atoms with Gasteiger partial charge in [0.05, 0.1) is 13.7 Å². The number of likely N-dealkylation sites (N-methyl/N-ethyl adjacent to an activating group) is 1. The summed E-state index contributed by atoms with van der Waals surface area (Å²) < 4.78 is 34.1. The highest BCUT2D eigenvalue weighted by atomic mass is 19.3. The van der Waals surface area contributed by atoms with Crippen LogP contribution in [0.3, 0.4) is 0 Å². The second-order valence-corrected chi connectivity index (χ2v) is 3.60. The molecule has 0 saturated carbocycles. The van der Waals surface area contributed by atoms with E-state index in [0.717, 1.165) is 0 Å². The fraction of sp³-hybridized carbons (Fsp3) is 0.417. The first-order valence-corrected chi connectivity index (χ1v) is 5.60. The smallest absolute Gasteiger partial charge is 0.387 e. The standard InChI is InChI=1S/C12H16F2N2O3/c1-15-10(17)7-16-6-8-4-3-5-9(18-2)11(8)19-12(13)14/h3-5,12,16H,6-7H2,1-2H3,(H,15,17). The average Bonchev–Trinajstić information content (AvgIpc) is 2.39. The number of carbonyl (C=O) groups is 1. The van der Waals surface area contributed by atoms with Crippen LogP contribution < -0.4 is 20.1 Å². The summed E-state index contributed by atoms with van der Waals surface area (Å²) in [6.07, 6.45) is 0. The zero-order valence-electron chi connectivity index (χ0n) is 10.7. The molecule has 0 atom stereocenters. The predicted molar refractivity (Wildman–Crippen MR) is 65.4 cm³/mol. The van der Waals surface area contributed by atoms with Crippen molar-refractivity contribution in [3.05, 3.63) is 23.8 Å². The van der Waals surface area contributed by atoms with Crippen molar-refractivity contribution in [2.45, 2.75) is 13.2 Å². The zero-order valence-corrected chi connectivity index (χ0v) is 10.7. The highest BCUT2D eigenvalue weighted by Gasteiger charge is 2.15. The van der Waals surface area contributed by atoms with Gasteiger partial charge in [0.25, 0.3) is 0 Å². The molecule has 0 aliphatic heterocycles. The molecule has 1 rings (SSSR count). The molecule has 0 spiro atoms. The van der Waals surface area contributed by atoms with Crippen LogP contribution in [0.1, 0.15) is 5.56 Å².